The fraction of sp³-hybridized carbons (Fsp3) is 0.263. The van der Waals surface area contributed by atoms with Gasteiger partial charge in [-0.2, -0.15) is 4.98 Å². The van der Waals surface area contributed by atoms with Crippen LogP contribution in [0.15, 0.2) is 48.5 Å². The predicted molar refractivity (Wildman–Crippen MR) is 97.7 cm³/mol. The fourth-order valence-electron chi connectivity index (χ4n) is 3.34. The van der Waals surface area contributed by atoms with Crippen LogP contribution in [0.5, 0.6) is 5.75 Å². The molecule has 0 spiro atoms. The highest BCUT2D eigenvalue weighted by molar-refractivity contribution is 5.43. The van der Waals surface area contributed by atoms with E-state index in [1.807, 2.05) is 22.9 Å². The third kappa shape index (κ3) is 2.91. The Morgan fingerprint density at radius 3 is 2.72 bits per heavy atom. The van der Waals surface area contributed by atoms with Gasteiger partial charge in [0.15, 0.2) is 0 Å². The molecule has 0 bridgehead atoms. The zero-order valence-electron chi connectivity index (χ0n) is 14.3. The van der Waals surface area contributed by atoms with Crippen molar-refractivity contribution in [2.24, 2.45) is 0 Å². The van der Waals surface area contributed by atoms with Crippen LogP contribution in [0.25, 0.3) is 0 Å². The normalized spacial score (nSPS) is 19.1. The van der Waals surface area contributed by atoms with E-state index in [0.29, 0.717) is 5.95 Å². The van der Waals surface area contributed by atoms with Crippen LogP contribution < -0.4 is 15.8 Å². The van der Waals surface area contributed by atoms with Crippen molar-refractivity contribution in [3.8, 4) is 5.75 Å². The molecule has 0 aliphatic carbocycles. The first-order chi connectivity index (χ1) is 12.1. The number of aromatic nitrogens is 3. The minimum absolute atomic E-state index is 0.0439. The minimum atomic E-state index is 0.0439. The maximum absolute atomic E-state index is 5.85. The molecular formula is C19H21N5O. The van der Waals surface area contributed by atoms with Crippen LogP contribution in [-0.2, 0) is 0 Å². The van der Waals surface area contributed by atoms with Crippen LogP contribution in [-0.4, -0.2) is 21.9 Å². The number of nitrogens with two attached hydrogens (primary N) is 1. The second-order valence-electron chi connectivity index (χ2n) is 6.37. The summed E-state index contributed by atoms with van der Waals surface area (Å²) in [5, 5.41) is 7.85. The van der Waals surface area contributed by atoms with Gasteiger partial charge in [-0.1, -0.05) is 42.0 Å². The molecule has 25 heavy (non-hydrogen) atoms. The molecule has 0 saturated heterocycles. The lowest BCUT2D eigenvalue weighted by atomic mass is 9.93. The highest BCUT2D eigenvalue weighted by atomic mass is 16.5. The van der Waals surface area contributed by atoms with Gasteiger partial charge >= 0.3 is 0 Å². The lowest BCUT2D eigenvalue weighted by Crippen LogP contribution is -2.28. The lowest BCUT2D eigenvalue weighted by molar-refractivity contribution is 0.407. The van der Waals surface area contributed by atoms with E-state index in [1.165, 1.54) is 11.1 Å². The summed E-state index contributed by atoms with van der Waals surface area (Å²) in [6, 6.07) is 16.8. The Morgan fingerprint density at radius 2 is 1.96 bits per heavy atom. The fourth-order valence-corrected chi connectivity index (χ4v) is 3.34. The average molecular weight is 335 g/mol. The summed E-state index contributed by atoms with van der Waals surface area (Å²) in [7, 11) is 1.68. The molecule has 0 fully saturated rings. The number of methoxy groups -OCH3 is 1. The Balaban J connectivity index is 1.75. The molecule has 0 amide bonds. The zero-order chi connectivity index (χ0) is 17.4. The number of hydrogen-bond donors (Lipinski definition) is 2. The molecule has 3 aromatic rings. The first-order valence-corrected chi connectivity index (χ1v) is 8.33. The van der Waals surface area contributed by atoms with Crippen LogP contribution in [0.2, 0.25) is 0 Å². The number of hydrogen-bond acceptors (Lipinski definition) is 5. The zero-order valence-corrected chi connectivity index (χ0v) is 14.3. The van der Waals surface area contributed by atoms with Gasteiger partial charge in [0.1, 0.15) is 5.75 Å². The average Bonchev–Trinajstić information content (AvgIpc) is 3.01. The molecule has 6 nitrogen and oxygen atoms in total. The highest BCUT2D eigenvalue weighted by Crippen LogP contribution is 2.38. The van der Waals surface area contributed by atoms with Gasteiger partial charge in [0, 0.05) is 0 Å². The molecule has 2 heterocycles. The number of aryl methyl sites for hydroxylation is 1. The molecule has 0 radical (unpaired) electrons. The summed E-state index contributed by atoms with van der Waals surface area (Å²) in [6.07, 6.45) is 0.853. The van der Waals surface area contributed by atoms with Crippen molar-refractivity contribution in [2.45, 2.75) is 25.4 Å². The second kappa shape index (κ2) is 6.12. The summed E-state index contributed by atoms with van der Waals surface area (Å²) in [4.78, 5) is 4.35. The van der Waals surface area contributed by atoms with E-state index in [9.17, 15) is 0 Å². The molecule has 2 atom stereocenters. The van der Waals surface area contributed by atoms with E-state index < -0.39 is 0 Å². The SMILES string of the molecule is COc1cccc([C@H]2C[C@@H](c3ccc(C)cc3)Nc3nc(N)nn32)c1. The van der Waals surface area contributed by atoms with E-state index >= 15 is 0 Å². The van der Waals surface area contributed by atoms with Crippen molar-refractivity contribution in [3.63, 3.8) is 0 Å². The first kappa shape index (κ1) is 15.5. The maximum atomic E-state index is 5.85. The summed E-state index contributed by atoms with van der Waals surface area (Å²) in [5.74, 6) is 1.81. The monoisotopic (exact) mass is 335 g/mol. The highest BCUT2D eigenvalue weighted by Gasteiger charge is 2.31. The van der Waals surface area contributed by atoms with Gasteiger partial charge in [-0.15, -0.1) is 5.10 Å². The van der Waals surface area contributed by atoms with Crippen LogP contribution in [0.1, 0.15) is 35.2 Å². The number of anilines is 2. The smallest absolute Gasteiger partial charge is 0.241 e. The molecule has 1 aliphatic heterocycles. The second-order valence-corrected chi connectivity index (χ2v) is 6.37. The lowest BCUT2D eigenvalue weighted by Gasteiger charge is -2.31. The number of rotatable bonds is 3. The van der Waals surface area contributed by atoms with Crippen molar-refractivity contribution < 1.29 is 4.74 Å². The Bertz CT molecular complexity index is 887. The predicted octanol–water partition coefficient (Wildman–Crippen LogP) is 3.32. The van der Waals surface area contributed by atoms with Crippen LogP contribution in [0.4, 0.5) is 11.9 Å². The molecule has 128 valence electrons. The third-order valence-electron chi connectivity index (χ3n) is 4.66. The molecular weight excluding hydrogens is 314 g/mol. The first-order valence-electron chi connectivity index (χ1n) is 8.33. The number of fused-ring (bicyclic) bond motifs is 1. The number of benzene rings is 2. The van der Waals surface area contributed by atoms with E-state index in [1.54, 1.807) is 7.11 Å². The maximum Gasteiger partial charge on any atom is 0.241 e. The Kier molecular flexibility index (Phi) is 3.80. The van der Waals surface area contributed by atoms with E-state index in [4.69, 9.17) is 10.5 Å². The molecule has 4 rings (SSSR count). The van der Waals surface area contributed by atoms with Crippen LogP contribution >= 0.6 is 0 Å². The summed E-state index contributed by atoms with van der Waals surface area (Å²) in [6.45, 7) is 2.09. The van der Waals surface area contributed by atoms with Crippen molar-refractivity contribution in [2.75, 3.05) is 18.2 Å². The molecule has 1 aromatic heterocycles. The van der Waals surface area contributed by atoms with E-state index in [-0.39, 0.29) is 18.0 Å². The van der Waals surface area contributed by atoms with Crippen LogP contribution in [0, 0.1) is 6.92 Å². The van der Waals surface area contributed by atoms with E-state index in [2.05, 4.69) is 52.7 Å². The van der Waals surface area contributed by atoms with Gasteiger partial charge in [-0.3, -0.25) is 0 Å². The largest absolute Gasteiger partial charge is 0.497 e. The minimum Gasteiger partial charge on any atom is -0.497 e. The molecule has 2 aromatic carbocycles. The Morgan fingerprint density at radius 1 is 1.16 bits per heavy atom. The van der Waals surface area contributed by atoms with Gasteiger partial charge in [-0.05, 0) is 36.6 Å². The molecule has 0 unspecified atom stereocenters. The van der Waals surface area contributed by atoms with Gasteiger partial charge in [-0.25, -0.2) is 4.68 Å². The number of nitrogens with one attached hydrogen (secondary N) is 1. The number of nitrogen functional groups attached to an aromatic ring is 1. The Hall–Kier alpha value is -3.02. The van der Waals surface area contributed by atoms with Crippen molar-refractivity contribution >= 4 is 11.9 Å². The standard InChI is InChI=1S/C19H21N5O/c1-12-6-8-13(9-7-12)16-11-17(14-4-3-5-15(10-14)25-2)24-19(21-16)22-18(20)23-24/h3-10,16-17H,11H2,1-2H3,(H3,20,21,22,23)/t16-,17+/m0/s1. The number of ether oxygens (including phenoxy) is 1. The van der Waals surface area contributed by atoms with Gasteiger partial charge in [0.2, 0.25) is 11.9 Å². The topological polar surface area (TPSA) is 78.0 Å². The summed E-state index contributed by atoms with van der Waals surface area (Å²) < 4.78 is 7.25. The summed E-state index contributed by atoms with van der Waals surface area (Å²) in [5.41, 5.74) is 9.45. The van der Waals surface area contributed by atoms with Gasteiger partial charge in [0.25, 0.3) is 0 Å². The third-order valence-corrected chi connectivity index (χ3v) is 4.66. The van der Waals surface area contributed by atoms with Crippen LogP contribution in [0.3, 0.4) is 0 Å². The number of nitrogens with zero attached hydrogens (tertiary/aromatic N) is 3. The molecule has 0 saturated carbocycles. The Labute approximate surface area is 146 Å². The van der Waals surface area contributed by atoms with Gasteiger partial charge in [0.05, 0.1) is 19.2 Å². The van der Waals surface area contributed by atoms with Crippen molar-refractivity contribution in [1.29, 1.82) is 0 Å². The quantitative estimate of drug-likeness (QED) is 0.768. The summed E-state index contributed by atoms with van der Waals surface area (Å²) >= 11 is 0. The van der Waals surface area contributed by atoms with Crippen molar-refractivity contribution in [1.82, 2.24) is 14.8 Å². The molecule has 1 aliphatic rings. The molecule has 3 N–H and O–H groups in total. The van der Waals surface area contributed by atoms with E-state index in [0.717, 1.165) is 17.7 Å². The van der Waals surface area contributed by atoms with Crippen molar-refractivity contribution in [3.05, 3.63) is 65.2 Å². The van der Waals surface area contributed by atoms with Gasteiger partial charge < -0.3 is 15.8 Å². The molecule has 6 heteroatoms.